The van der Waals surface area contributed by atoms with Crippen molar-refractivity contribution < 1.29 is 0 Å². The molecule has 2 rings (SSSR count). The molecule has 1 aromatic heterocycles. The normalized spacial score (nSPS) is 23.3. The molecular formula is C13H20ClN3S. The predicted octanol–water partition coefficient (Wildman–Crippen LogP) is 3.78. The van der Waals surface area contributed by atoms with Crippen LogP contribution in [0.4, 0.5) is 5.82 Å². The first kappa shape index (κ1) is 13.9. The van der Waals surface area contributed by atoms with E-state index in [1.165, 1.54) is 19.3 Å². The van der Waals surface area contributed by atoms with Gasteiger partial charge >= 0.3 is 0 Å². The fourth-order valence-electron chi connectivity index (χ4n) is 2.44. The van der Waals surface area contributed by atoms with Gasteiger partial charge in [-0.3, -0.25) is 0 Å². The largest absolute Gasteiger partial charge is 0.366 e. The van der Waals surface area contributed by atoms with Crippen molar-refractivity contribution in [2.75, 3.05) is 11.6 Å². The van der Waals surface area contributed by atoms with Crippen LogP contribution in [0.1, 0.15) is 38.4 Å². The summed E-state index contributed by atoms with van der Waals surface area (Å²) in [6, 6.07) is 2.34. The lowest BCUT2D eigenvalue weighted by atomic mass is 10.2. The van der Waals surface area contributed by atoms with Crippen LogP contribution in [0.5, 0.6) is 0 Å². The number of aryl methyl sites for hydroxylation is 1. The van der Waals surface area contributed by atoms with Gasteiger partial charge in [0.15, 0.2) is 0 Å². The molecule has 1 heterocycles. The molecule has 0 amide bonds. The Hall–Kier alpha value is -0.480. The molecule has 1 N–H and O–H groups in total. The summed E-state index contributed by atoms with van der Waals surface area (Å²) in [5.74, 6) is 1.72. The summed E-state index contributed by atoms with van der Waals surface area (Å²) in [7, 11) is 0. The second-order valence-electron chi connectivity index (χ2n) is 4.70. The fraction of sp³-hybridized carbons (Fsp3) is 0.692. The van der Waals surface area contributed by atoms with Gasteiger partial charge in [-0.15, -0.1) is 0 Å². The number of hydrogen-bond acceptors (Lipinski definition) is 4. The van der Waals surface area contributed by atoms with Crippen molar-refractivity contribution in [3.63, 3.8) is 0 Å². The number of hydrogen-bond donors (Lipinski definition) is 1. The quantitative estimate of drug-likeness (QED) is 0.836. The summed E-state index contributed by atoms with van der Waals surface area (Å²) in [6.45, 7) is 2.12. The SMILES string of the molecule is CCCc1nc(Cl)cc(NC2CCCC2SC)n1. The van der Waals surface area contributed by atoms with Crippen molar-refractivity contribution in [3.05, 3.63) is 17.0 Å². The maximum Gasteiger partial charge on any atom is 0.134 e. The molecule has 1 fully saturated rings. The lowest BCUT2D eigenvalue weighted by Gasteiger charge is -2.20. The Bertz CT molecular complexity index is 400. The van der Waals surface area contributed by atoms with Crippen molar-refractivity contribution >= 4 is 29.2 Å². The number of nitrogens with one attached hydrogen (secondary N) is 1. The van der Waals surface area contributed by atoms with Crippen molar-refractivity contribution in [3.8, 4) is 0 Å². The summed E-state index contributed by atoms with van der Waals surface area (Å²) in [5.41, 5.74) is 0. The summed E-state index contributed by atoms with van der Waals surface area (Å²) < 4.78 is 0. The summed E-state index contributed by atoms with van der Waals surface area (Å²) >= 11 is 7.98. The Kier molecular flexibility index (Phi) is 5.13. The third-order valence-electron chi connectivity index (χ3n) is 3.30. The highest BCUT2D eigenvalue weighted by Gasteiger charge is 2.26. The molecule has 0 aromatic carbocycles. The second-order valence-corrected chi connectivity index (χ2v) is 6.16. The van der Waals surface area contributed by atoms with Gasteiger partial charge in [0, 0.05) is 23.8 Å². The Morgan fingerprint density at radius 1 is 1.44 bits per heavy atom. The molecule has 18 heavy (non-hydrogen) atoms. The van der Waals surface area contributed by atoms with E-state index in [1.807, 2.05) is 17.8 Å². The van der Waals surface area contributed by atoms with Crippen LogP contribution in [0, 0.1) is 0 Å². The van der Waals surface area contributed by atoms with Gasteiger partial charge in [0.1, 0.15) is 16.8 Å². The molecule has 2 atom stereocenters. The van der Waals surface area contributed by atoms with Crippen molar-refractivity contribution in [1.29, 1.82) is 0 Å². The topological polar surface area (TPSA) is 37.8 Å². The summed E-state index contributed by atoms with van der Waals surface area (Å²) in [6.07, 6.45) is 7.90. The van der Waals surface area contributed by atoms with Gasteiger partial charge in [0.2, 0.25) is 0 Å². The monoisotopic (exact) mass is 285 g/mol. The number of anilines is 1. The van der Waals surface area contributed by atoms with Crippen molar-refractivity contribution in [2.24, 2.45) is 0 Å². The van der Waals surface area contributed by atoms with Crippen LogP contribution in [0.25, 0.3) is 0 Å². The van der Waals surface area contributed by atoms with Crippen molar-refractivity contribution in [1.82, 2.24) is 9.97 Å². The minimum atomic E-state index is 0.514. The summed E-state index contributed by atoms with van der Waals surface area (Å²) in [5, 5.41) is 4.75. The Morgan fingerprint density at radius 3 is 3.00 bits per heavy atom. The molecule has 0 radical (unpaired) electrons. The van der Waals surface area contributed by atoms with E-state index in [-0.39, 0.29) is 0 Å². The van der Waals surface area contributed by atoms with E-state index < -0.39 is 0 Å². The van der Waals surface area contributed by atoms with Gasteiger partial charge in [-0.2, -0.15) is 11.8 Å². The number of nitrogens with zero attached hydrogens (tertiary/aromatic N) is 2. The minimum absolute atomic E-state index is 0.514. The number of halogens is 1. The van der Waals surface area contributed by atoms with E-state index in [0.717, 1.165) is 24.5 Å². The smallest absolute Gasteiger partial charge is 0.134 e. The van der Waals surface area contributed by atoms with Gasteiger partial charge < -0.3 is 5.32 Å². The van der Waals surface area contributed by atoms with Crippen LogP contribution in [0.2, 0.25) is 5.15 Å². The van der Waals surface area contributed by atoms with Crippen LogP contribution >= 0.6 is 23.4 Å². The average molecular weight is 286 g/mol. The van der Waals surface area contributed by atoms with Gasteiger partial charge in [0.25, 0.3) is 0 Å². The molecule has 3 nitrogen and oxygen atoms in total. The first-order valence-corrected chi connectivity index (χ1v) is 8.22. The van der Waals surface area contributed by atoms with E-state index in [2.05, 4.69) is 28.5 Å². The molecule has 5 heteroatoms. The Morgan fingerprint density at radius 2 is 2.28 bits per heavy atom. The van der Waals surface area contributed by atoms with Crippen LogP contribution < -0.4 is 5.32 Å². The summed E-state index contributed by atoms with van der Waals surface area (Å²) in [4.78, 5) is 8.79. The zero-order valence-electron chi connectivity index (χ0n) is 10.9. The van der Waals surface area contributed by atoms with Gasteiger partial charge in [-0.1, -0.05) is 24.9 Å². The van der Waals surface area contributed by atoms with E-state index >= 15 is 0 Å². The molecule has 0 aliphatic heterocycles. The van der Waals surface area contributed by atoms with E-state index in [0.29, 0.717) is 16.4 Å². The lowest BCUT2D eigenvalue weighted by molar-refractivity contribution is 0.756. The molecule has 1 aliphatic rings. The molecule has 100 valence electrons. The van der Waals surface area contributed by atoms with Gasteiger partial charge in [0.05, 0.1) is 0 Å². The van der Waals surface area contributed by atoms with Crippen LogP contribution in [-0.4, -0.2) is 27.5 Å². The fourth-order valence-corrected chi connectivity index (χ4v) is 3.57. The zero-order chi connectivity index (χ0) is 13.0. The predicted molar refractivity (Wildman–Crippen MR) is 79.6 cm³/mol. The standard InChI is InChI=1S/C13H20ClN3S/c1-3-5-12-16-11(14)8-13(17-12)15-9-6-4-7-10(9)18-2/h8-10H,3-7H2,1-2H3,(H,15,16,17). The first-order chi connectivity index (χ1) is 8.72. The molecule has 1 saturated carbocycles. The van der Waals surface area contributed by atoms with Crippen LogP contribution in [-0.2, 0) is 6.42 Å². The molecular weight excluding hydrogens is 266 g/mol. The van der Waals surface area contributed by atoms with Gasteiger partial charge in [-0.25, -0.2) is 9.97 Å². The highest BCUT2D eigenvalue weighted by molar-refractivity contribution is 7.99. The number of aromatic nitrogens is 2. The highest BCUT2D eigenvalue weighted by Crippen LogP contribution is 2.30. The first-order valence-electron chi connectivity index (χ1n) is 6.55. The maximum absolute atomic E-state index is 6.05. The van der Waals surface area contributed by atoms with Gasteiger partial charge in [-0.05, 0) is 25.5 Å². The second kappa shape index (κ2) is 6.62. The van der Waals surface area contributed by atoms with E-state index in [9.17, 15) is 0 Å². The molecule has 2 unspecified atom stereocenters. The lowest BCUT2D eigenvalue weighted by Crippen LogP contribution is -2.26. The molecule has 0 bridgehead atoms. The minimum Gasteiger partial charge on any atom is -0.366 e. The zero-order valence-corrected chi connectivity index (χ0v) is 12.5. The Labute approximate surface area is 118 Å². The molecule has 0 spiro atoms. The van der Waals surface area contributed by atoms with Crippen LogP contribution in [0.3, 0.4) is 0 Å². The maximum atomic E-state index is 6.05. The third kappa shape index (κ3) is 3.51. The number of thioether (sulfide) groups is 1. The molecule has 1 aromatic rings. The third-order valence-corrected chi connectivity index (χ3v) is 4.67. The Balaban J connectivity index is 2.08. The highest BCUT2D eigenvalue weighted by atomic mass is 35.5. The van der Waals surface area contributed by atoms with Crippen LogP contribution in [0.15, 0.2) is 6.07 Å². The molecule has 1 aliphatic carbocycles. The van der Waals surface area contributed by atoms with E-state index in [4.69, 9.17) is 11.6 Å². The van der Waals surface area contributed by atoms with E-state index in [1.54, 1.807) is 0 Å². The van der Waals surface area contributed by atoms with Crippen molar-refractivity contribution in [2.45, 2.75) is 50.3 Å². The molecule has 0 saturated heterocycles. The number of rotatable bonds is 5. The average Bonchev–Trinajstić information content (AvgIpc) is 2.76.